The smallest absolute Gasteiger partial charge is 0.347 e. The Morgan fingerprint density at radius 1 is 1.41 bits per heavy atom. The van der Waals surface area contributed by atoms with Gasteiger partial charge in [-0.2, -0.15) is 5.26 Å². The molecule has 1 atom stereocenters. The van der Waals surface area contributed by atoms with Gasteiger partial charge in [0.05, 0.1) is 23.8 Å². The highest BCUT2D eigenvalue weighted by molar-refractivity contribution is 5.91. The molecule has 0 radical (unpaired) electrons. The lowest BCUT2D eigenvalue weighted by atomic mass is 10.1. The van der Waals surface area contributed by atoms with E-state index < -0.39 is 18.0 Å². The minimum atomic E-state index is -0.807. The summed E-state index contributed by atoms with van der Waals surface area (Å²) in [4.78, 5) is 22.7. The molecule has 1 unspecified atom stereocenters. The molecule has 0 N–H and O–H groups in total. The van der Waals surface area contributed by atoms with Crippen molar-refractivity contribution in [2.45, 2.75) is 12.5 Å². The number of nitrogens with zero attached hydrogens (tertiary/aromatic N) is 1. The highest BCUT2D eigenvalue weighted by atomic mass is 16.6. The minimum absolute atomic E-state index is 0.282. The van der Waals surface area contributed by atoms with Gasteiger partial charge in [-0.1, -0.05) is 0 Å². The molecule has 1 aliphatic rings. The number of nitriles is 1. The number of hydrogen-bond acceptors (Lipinski definition) is 5. The third-order valence-corrected chi connectivity index (χ3v) is 2.39. The fourth-order valence-electron chi connectivity index (χ4n) is 1.46. The largest absolute Gasteiger partial charge is 0.463 e. The Bertz CT molecular complexity index is 486. The second kappa shape index (κ2) is 4.66. The van der Waals surface area contributed by atoms with Crippen LogP contribution in [-0.4, -0.2) is 24.6 Å². The molecule has 0 bridgehead atoms. The summed E-state index contributed by atoms with van der Waals surface area (Å²) in [5, 5.41) is 8.60. The van der Waals surface area contributed by atoms with Gasteiger partial charge in [-0.25, -0.2) is 9.59 Å². The molecule has 1 aromatic carbocycles. The van der Waals surface area contributed by atoms with E-state index in [2.05, 4.69) is 4.74 Å². The lowest BCUT2D eigenvalue weighted by Crippen LogP contribution is -2.22. The van der Waals surface area contributed by atoms with Gasteiger partial charge in [-0.15, -0.1) is 0 Å². The first-order chi connectivity index (χ1) is 8.20. The Labute approximate surface area is 97.6 Å². The van der Waals surface area contributed by atoms with Crippen LogP contribution in [0.4, 0.5) is 0 Å². The van der Waals surface area contributed by atoms with E-state index in [4.69, 9.17) is 10.00 Å². The molecule has 17 heavy (non-hydrogen) atoms. The van der Waals surface area contributed by atoms with Crippen molar-refractivity contribution in [2.75, 3.05) is 6.61 Å². The van der Waals surface area contributed by atoms with Crippen molar-refractivity contribution in [1.82, 2.24) is 0 Å². The van der Waals surface area contributed by atoms with E-state index in [0.29, 0.717) is 17.5 Å². The Morgan fingerprint density at radius 2 is 2.12 bits per heavy atom. The molecule has 0 spiro atoms. The Kier molecular flexibility index (Phi) is 3.06. The van der Waals surface area contributed by atoms with Crippen molar-refractivity contribution in [3.63, 3.8) is 0 Å². The fraction of sp³-hybridized carbons (Fsp3) is 0.250. The molecule has 1 aromatic rings. The van der Waals surface area contributed by atoms with Gasteiger partial charge < -0.3 is 9.47 Å². The number of esters is 2. The van der Waals surface area contributed by atoms with Crippen LogP contribution in [-0.2, 0) is 14.3 Å². The zero-order valence-electron chi connectivity index (χ0n) is 8.88. The normalized spacial score (nSPS) is 18.3. The molecule has 0 amide bonds. The first kappa shape index (κ1) is 11.1. The summed E-state index contributed by atoms with van der Waals surface area (Å²) in [6, 6.07) is 7.96. The van der Waals surface area contributed by atoms with E-state index >= 15 is 0 Å². The Morgan fingerprint density at radius 3 is 2.65 bits per heavy atom. The lowest BCUT2D eigenvalue weighted by molar-refractivity contribution is -0.145. The number of benzene rings is 1. The quantitative estimate of drug-likeness (QED) is 0.710. The van der Waals surface area contributed by atoms with Gasteiger partial charge in [0.15, 0.2) is 0 Å². The van der Waals surface area contributed by atoms with Gasteiger partial charge in [0.1, 0.15) is 0 Å². The molecule has 1 aliphatic heterocycles. The lowest BCUT2D eigenvalue weighted by Gasteiger charge is -2.07. The summed E-state index contributed by atoms with van der Waals surface area (Å²) in [7, 11) is 0. The van der Waals surface area contributed by atoms with E-state index in [-0.39, 0.29) is 6.61 Å². The van der Waals surface area contributed by atoms with E-state index in [1.165, 1.54) is 24.3 Å². The molecule has 1 saturated heterocycles. The summed E-state index contributed by atoms with van der Waals surface area (Å²) in [5.74, 6) is -1.09. The van der Waals surface area contributed by atoms with Crippen molar-refractivity contribution < 1.29 is 19.1 Å². The molecule has 0 saturated carbocycles. The van der Waals surface area contributed by atoms with Crippen LogP contribution in [0.25, 0.3) is 0 Å². The van der Waals surface area contributed by atoms with Crippen molar-refractivity contribution in [2.24, 2.45) is 0 Å². The zero-order chi connectivity index (χ0) is 12.3. The molecule has 86 valence electrons. The molecule has 1 fully saturated rings. The SMILES string of the molecule is N#Cc1ccc(C(=O)OC2CCOC2=O)cc1. The average Bonchev–Trinajstić information content (AvgIpc) is 2.75. The summed E-state index contributed by atoms with van der Waals surface area (Å²) in [6.07, 6.45) is -0.418. The van der Waals surface area contributed by atoms with Crippen molar-refractivity contribution in [3.05, 3.63) is 35.4 Å². The van der Waals surface area contributed by atoms with Gasteiger partial charge in [-0.05, 0) is 24.3 Å². The standard InChI is InChI=1S/C12H9NO4/c13-7-8-1-3-9(4-2-8)11(14)17-10-5-6-16-12(10)15/h1-4,10H,5-6H2. The molecule has 0 aromatic heterocycles. The molecule has 0 aliphatic carbocycles. The van der Waals surface area contributed by atoms with Crippen molar-refractivity contribution in [3.8, 4) is 6.07 Å². The van der Waals surface area contributed by atoms with Gasteiger partial charge in [0.25, 0.3) is 0 Å². The number of rotatable bonds is 2. The second-order valence-corrected chi connectivity index (χ2v) is 3.54. The summed E-state index contributed by atoms with van der Waals surface area (Å²) >= 11 is 0. The maximum Gasteiger partial charge on any atom is 0.347 e. The number of carbonyl (C=O) groups excluding carboxylic acids is 2. The number of cyclic esters (lactones) is 1. The van der Waals surface area contributed by atoms with Gasteiger partial charge >= 0.3 is 11.9 Å². The predicted octanol–water partition coefficient (Wildman–Crippen LogP) is 1.03. The maximum atomic E-state index is 11.6. The zero-order valence-corrected chi connectivity index (χ0v) is 8.88. The first-order valence-corrected chi connectivity index (χ1v) is 5.08. The van der Waals surface area contributed by atoms with Crippen LogP contribution >= 0.6 is 0 Å². The third-order valence-electron chi connectivity index (χ3n) is 2.39. The first-order valence-electron chi connectivity index (χ1n) is 5.08. The molecular weight excluding hydrogens is 222 g/mol. The van der Waals surface area contributed by atoms with Crippen LogP contribution in [0.15, 0.2) is 24.3 Å². The molecule has 1 heterocycles. The van der Waals surface area contributed by atoms with Crippen molar-refractivity contribution in [1.29, 1.82) is 5.26 Å². The van der Waals surface area contributed by atoms with Crippen LogP contribution in [0.3, 0.4) is 0 Å². The molecular formula is C12H9NO4. The summed E-state index contributed by atoms with van der Waals surface area (Å²) < 4.78 is 9.67. The van der Waals surface area contributed by atoms with Gasteiger partial charge in [-0.3, -0.25) is 0 Å². The summed E-state index contributed by atoms with van der Waals surface area (Å²) in [6.45, 7) is 0.282. The van der Waals surface area contributed by atoms with Gasteiger partial charge in [0.2, 0.25) is 6.10 Å². The van der Waals surface area contributed by atoms with Crippen LogP contribution in [0.1, 0.15) is 22.3 Å². The van der Waals surface area contributed by atoms with Crippen LogP contribution in [0, 0.1) is 11.3 Å². The summed E-state index contributed by atoms with van der Waals surface area (Å²) in [5.41, 5.74) is 0.769. The predicted molar refractivity (Wildman–Crippen MR) is 55.9 cm³/mol. The number of hydrogen-bond donors (Lipinski definition) is 0. The van der Waals surface area contributed by atoms with E-state index in [1.807, 2.05) is 6.07 Å². The molecule has 5 nitrogen and oxygen atoms in total. The second-order valence-electron chi connectivity index (χ2n) is 3.54. The Balaban J connectivity index is 2.04. The number of carbonyl (C=O) groups is 2. The van der Waals surface area contributed by atoms with Crippen LogP contribution in [0.2, 0.25) is 0 Å². The highest BCUT2D eigenvalue weighted by Gasteiger charge is 2.30. The average molecular weight is 231 g/mol. The molecule has 5 heteroatoms. The van der Waals surface area contributed by atoms with Gasteiger partial charge in [0, 0.05) is 6.42 Å². The fourth-order valence-corrected chi connectivity index (χ4v) is 1.46. The van der Waals surface area contributed by atoms with Crippen molar-refractivity contribution >= 4 is 11.9 Å². The van der Waals surface area contributed by atoms with Crippen LogP contribution < -0.4 is 0 Å². The minimum Gasteiger partial charge on any atom is -0.463 e. The maximum absolute atomic E-state index is 11.6. The monoisotopic (exact) mass is 231 g/mol. The Hall–Kier alpha value is -2.35. The van der Waals surface area contributed by atoms with E-state index in [1.54, 1.807) is 0 Å². The third kappa shape index (κ3) is 2.42. The molecule has 2 rings (SSSR count). The van der Waals surface area contributed by atoms with E-state index in [0.717, 1.165) is 0 Å². The van der Waals surface area contributed by atoms with Crippen LogP contribution in [0.5, 0.6) is 0 Å². The number of ether oxygens (including phenoxy) is 2. The highest BCUT2D eigenvalue weighted by Crippen LogP contribution is 2.13. The van der Waals surface area contributed by atoms with E-state index in [9.17, 15) is 9.59 Å². The topological polar surface area (TPSA) is 76.4 Å².